The summed E-state index contributed by atoms with van der Waals surface area (Å²) >= 11 is 0. The summed E-state index contributed by atoms with van der Waals surface area (Å²) in [7, 11) is 3.57. The van der Waals surface area contributed by atoms with Gasteiger partial charge < -0.3 is 9.80 Å². The van der Waals surface area contributed by atoms with Crippen molar-refractivity contribution in [2.75, 3.05) is 27.2 Å². The van der Waals surface area contributed by atoms with Gasteiger partial charge in [-0.1, -0.05) is 54.1 Å². The molecule has 2 heterocycles. The Balaban J connectivity index is 1.58. The van der Waals surface area contributed by atoms with Gasteiger partial charge in [0.25, 0.3) is 5.91 Å². The molecule has 6 nitrogen and oxygen atoms in total. The average molecular weight is 443 g/mol. The summed E-state index contributed by atoms with van der Waals surface area (Å²) in [4.78, 5) is 38.1. The average Bonchev–Trinajstić information content (AvgIpc) is 2.85. The molecule has 2 aromatic carbocycles. The maximum Gasteiger partial charge on any atom is 0.274 e. The van der Waals surface area contributed by atoms with Crippen LogP contribution in [0, 0.1) is 12.3 Å². The van der Waals surface area contributed by atoms with E-state index in [0.717, 1.165) is 24.0 Å². The van der Waals surface area contributed by atoms with E-state index in [0.29, 0.717) is 25.2 Å². The summed E-state index contributed by atoms with van der Waals surface area (Å²) < 4.78 is 0. The van der Waals surface area contributed by atoms with Crippen LogP contribution in [0.4, 0.5) is 0 Å². The molecule has 0 spiro atoms. The Kier molecular flexibility index (Phi) is 6.54. The first-order valence-electron chi connectivity index (χ1n) is 11.3. The summed E-state index contributed by atoms with van der Waals surface area (Å²) in [5.41, 5.74) is 4.30. The molecule has 0 aliphatic carbocycles. The Hall–Kier alpha value is -3.54. The minimum Gasteiger partial charge on any atom is -0.348 e. The van der Waals surface area contributed by atoms with E-state index in [4.69, 9.17) is 0 Å². The highest BCUT2D eigenvalue weighted by Gasteiger charge is 2.44. The molecule has 2 amide bonds. The molecule has 1 fully saturated rings. The molecule has 4 rings (SSSR count). The van der Waals surface area contributed by atoms with Crippen LogP contribution in [0.2, 0.25) is 0 Å². The van der Waals surface area contributed by atoms with Crippen LogP contribution >= 0.6 is 0 Å². The molecule has 1 atom stereocenters. The quantitative estimate of drug-likeness (QED) is 0.599. The van der Waals surface area contributed by atoms with E-state index in [1.165, 1.54) is 23.5 Å². The van der Waals surface area contributed by atoms with Crippen molar-refractivity contribution in [2.45, 2.75) is 26.2 Å². The van der Waals surface area contributed by atoms with E-state index in [1.807, 2.05) is 0 Å². The molecule has 170 valence electrons. The van der Waals surface area contributed by atoms with Gasteiger partial charge >= 0.3 is 0 Å². The second-order valence-corrected chi connectivity index (χ2v) is 9.14. The van der Waals surface area contributed by atoms with Crippen molar-refractivity contribution in [1.29, 1.82) is 0 Å². The van der Waals surface area contributed by atoms with Gasteiger partial charge in [-0.05, 0) is 42.9 Å². The van der Waals surface area contributed by atoms with Crippen LogP contribution < -0.4 is 0 Å². The van der Waals surface area contributed by atoms with Crippen molar-refractivity contribution >= 4 is 11.8 Å². The monoisotopic (exact) mass is 442 g/mol. The molecule has 1 aromatic heterocycles. The van der Waals surface area contributed by atoms with Gasteiger partial charge in [-0.25, -0.2) is 4.98 Å². The first-order chi connectivity index (χ1) is 15.9. The number of carbonyl (C=O) groups excluding carboxylic acids is 2. The molecule has 1 aliphatic heterocycles. The van der Waals surface area contributed by atoms with Gasteiger partial charge in [0.15, 0.2) is 0 Å². The molecule has 0 bridgehead atoms. The van der Waals surface area contributed by atoms with E-state index in [9.17, 15) is 9.59 Å². The largest absolute Gasteiger partial charge is 0.348 e. The summed E-state index contributed by atoms with van der Waals surface area (Å²) in [5.74, 6) is -0.116. The highest BCUT2D eigenvalue weighted by Crippen LogP contribution is 2.36. The van der Waals surface area contributed by atoms with Crippen LogP contribution in [0.25, 0.3) is 11.1 Å². The number of likely N-dealkylation sites (tertiary alicyclic amines) is 1. The predicted molar refractivity (Wildman–Crippen MR) is 129 cm³/mol. The molecule has 6 heteroatoms. The van der Waals surface area contributed by atoms with Crippen LogP contribution in [0.1, 0.15) is 34.5 Å². The second-order valence-electron chi connectivity index (χ2n) is 9.14. The molecular weight excluding hydrogens is 412 g/mol. The molecule has 3 aromatic rings. The van der Waals surface area contributed by atoms with Gasteiger partial charge in [0.1, 0.15) is 5.69 Å². The molecule has 1 aliphatic rings. The molecule has 1 saturated heterocycles. The van der Waals surface area contributed by atoms with Crippen molar-refractivity contribution in [3.05, 3.63) is 83.9 Å². The standard InChI is InChI=1S/C27H30N4O2/c1-20-5-9-22(10-6-20)23-11-7-21(8-12-23)17-27(26(33)30(2)3)13-4-16-31(19-27)25(32)24-18-28-14-15-29-24/h5-12,14-15,18H,4,13,16-17,19H2,1-3H3. The maximum absolute atomic E-state index is 13.4. The zero-order valence-electron chi connectivity index (χ0n) is 19.5. The molecule has 33 heavy (non-hydrogen) atoms. The molecule has 0 N–H and O–H groups in total. The number of carbonyl (C=O) groups is 2. The van der Waals surface area contributed by atoms with Crippen molar-refractivity contribution < 1.29 is 9.59 Å². The number of aryl methyl sites for hydroxylation is 1. The summed E-state index contributed by atoms with van der Waals surface area (Å²) in [6.07, 6.45) is 6.65. The summed E-state index contributed by atoms with van der Waals surface area (Å²) in [6, 6.07) is 16.9. The Labute approximate surface area is 195 Å². The van der Waals surface area contributed by atoms with Gasteiger partial charge in [0.2, 0.25) is 5.91 Å². The Morgan fingerprint density at radius 1 is 1.00 bits per heavy atom. The zero-order chi connectivity index (χ0) is 23.4. The van der Waals surface area contributed by atoms with E-state index in [1.54, 1.807) is 30.1 Å². The fourth-order valence-corrected chi connectivity index (χ4v) is 4.70. The number of piperidine rings is 1. The number of benzene rings is 2. The van der Waals surface area contributed by atoms with Gasteiger partial charge in [-0.15, -0.1) is 0 Å². The third-order valence-electron chi connectivity index (χ3n) is 6.39. The van der Waals surface area contributed by atoms with Crippen LogP contribution in [-0.4, -0.2) is 58.8 Å². The smallest absolute Gasteiger partial charge is 0.274 e. The summed E-state index contributed by atoms with van der Waals surface area (Å²) in [5, 5.41) is 0. The fraction of sp³-hybridized carbons (Fsp3) is 0.333. The van der Waals surface area contributed by atoms with Crippen LogP contribution in [-0.2, 0) is 11.2 Å². The highest BCUT2D eigenvalue weighted by atomic mass is 16.2. The van der Waals surface area contributed by atoms with Crippen molar-refractivity contribution in [3.63, 3.8) is 0 Å². The Bertz CT molecular complexity index is 1110. The molecular formula is C27H30N4O2. The number of rotatable bonds is 5. The molecule has 0 saturated carbocycles. The fourth-order valence-electron chi connectivity index (χ4n) is 4.70. The Morgan fingerprint density at radius 3 is 2.27 bits per heavy atom. The van der Waals surface area contributed by atoms with E-state index >= 15 is 0 Å². The van der Waals surface area contributed by atoms with Crippen molar-refractivity contribution in [1.82, 2.24) is 19.8 Å². The topological polar surface area (TPSA) is 66.4 Å². The lowest BCUT2D eigenvalue weighted by atomic mass is 9.73. The third kappa shape index (κ3) is 4.95. The first kappa shape index (κ1) is 22.6. The number of amides is 2. The predicted octanol–water partition coefficient (Wildman–Crippen LogP) is 4.01. The highest BCUT2D eigenvalue weighted by molar-refractivity contribution is 5.93. The van der Waals surface area contributed by atoms with E-state index < -0.39 is 5.41 Å². The van der Waals surface area contributed by atoms with Crippen molar-refractivity contribution in [2.24, 2.45) is 5.41 Å². The second kappa shape index (κ2) is 9.53. The number of hydrogen-bond acceptors (Lipinski definition) is 4. The summed E-state index contributed by atoms with van der Waals surface area (Å²) in [6.45, 7) is 3.07. The lowest BCUT2D eigenvalue weighted by Gasteiger charge is -2.43. The molecule has 0 radical (unpaired) electrons. The van der Waals surface area contributed by atoms with Crippen LogP contribution in [0.5, 0.6) is 0 Å². The lowest BCUT2D eigenvalue weighted by molar-refractivity contribution is -0.142. The van der Waals surface area contributed by atoms with Gasteiger partial charge in [0, 0.05) is 39.6 Å². The van der Waals surface area contributed by atoms with Crippen molar-refractivity contribution in [3.8, 4) is 11.1 Å². The van der Waals surface area contributed by atoms with Gasteiger partial charge in [-0.2, -0.15) is 0 Å². The van der Waals surface area contributed by atoms with Crippen LogP contribution in [0.3, 0.4) is 0 Å². The maximum atomic E-state index is 13.4. The van der Waals surface area contributed by atoms with Gasteiger partial charge in [-0.3, -0.25) is 14.6 Å². The van der Waals surface area contributed by atoms with E-state index in [-0.39, 0.29) is 11.8 Å². The number of aromatic nitrogens is 2. The molecule has 1 unspecified atom stereocenters. The third-order valence-corrected chi connectivity index (χ3v) is 6.39. The minimum atomic E-state index is -0.662. The zero-order valence-corrected chi connectivity index (χ0v) is 19.5. The normalized spacial score (nSPS) is 18.1. The van der Waals surface area contributed by atoms with E-state index in [2.05, 4.69) is 65.4 Å². The first-order valence-corrected chi connectivity index (χ1v) is 11.3. The Morgan fingerprint density at radius 2 is 1.67 bits per heavy atom. The van der Waals surface area contributed by atoms with Gasteiger partial charge in [0.05, 0.1) is 11.6 Å². The van der Waals surface area contributed by atoms with Crippen LogP contribution in [0.15, 0.2) is 67.1 Å². The lowest BCUT2D eigenvalue weighted by Crippen LogP contribution is -2.54. The minimum absolute atomic E-state index is 0.0572. The SMILES string of the molecule is Cc1ccc(-c2ccc(CC3(C(=O)N(C)C)CCCN(C(=O)c4cnccn4)C3)cc2)cc1. The number of nitrogens with zero attached hydrogens (tertiary/aromatic N) is 4. The number of hydrogen-bond donors (Lipinski definition) is 0.